The summed E-state index contributed by atoms with van der Waals surface area (Å²) in [7, 11) is -44.3. The first-order chi connectivity index (χ1) is 45.4. The predicted molar refractivity (Wildman–Crippen MR) is 321 cm³/mol. The van der Waals surface area contributed by atoms with Gasteiger partial charge < -0.3 is 50.8 Å². The van der Waals surface area contributed by atoms with Gasteiger partial charge in [-0.1, -0.05) is 0 Å². The molecule has 530 valence electrons. The van der Waals surface area contributed by atoms with Gasteiger partial charge >= 0.3 is 0 Å². The number of benzene rings is 8. The monoisotopic (exact) mass is 1520 g/mol. The molecule has 8 aromatic carbocycles. The summed E-state index contributed by atoms with van der Waals surface area (Å²) >= 11 is 0. The molecular formula is C58H45NO32S8-8. The van der Waals surface area contributed by atoms with E-state index in [1.54, 1.807) is 0 Å². The number of nitrogens with two attached hydrogens (primary N) is 1. The molecule has 0 heterocycles. The third kappa shape index (κ3) is 16.5. The first-order valence-electron chi connectivity index (χ1n) is 27.5. The highest BCUT2D eigenvalue weighted by atomic mass is 32.2. The van der Waals surface area contributed by atoms with Crippen molar-refractivity contribution in [3.8, 4) is 46.0 Å². The van der Waals surface area contributed by atoms with Crippen molar-refractivity contribution in [2.45, 2.75) is 90.5 Å². The van der Waals surface area contributed by atoms with Crippen LogP contribution >= 0.6 is 0 Å². The summed E-state index contributed by atoms with van der Waals surface area (Å²) in [6.07, 6.45) is -9.59. The maximum Gasteiger partial charge on any atom is 0.294 e. The number of hydrogen-bond donors (Lipinski definition) is 8. The molecule has 9 rings (SSSR count). The van der Waals surface area contributed by atoms with Crippen LogP contribution in [0.1, 0.15) is 89.0 Å². The van der Waals surface area contributed by atoms with Gasteiger partial charge in [-0.25, -0.2) is 8.42 Å². The predicted octanol–water partition coefficient (Wildman–Crippen LogP) is -0.790. The Kier molecular flexibility index (Phi) is 20.0. The third-order valence-electron chi connectivity index (χ3n) is 15.5. The molecule has 16 bridgehead atoms. The Labute approximate surface area is 563 Å². The van der Waals surface area contributed by atoms with Gasteiger partial charge in [0.2, 0.25) is 0 Å². The standard InChI is InChI=1S/C58H53NO32S8/c59-1-2-91-58-41-9-39-23-48(97(82,83)84)21-37(56(39)65)7-35-19-46(95(76,77)78)17-33(54(35)63)5-31-15-44(93(70,71)72)13-29(52(31)61)3-27-11-43(92(67,68)69)12-28(51(27)60)4-30-14-45(94(73,74)75)16-32(53(30)62)6-34-18-47(96(79,80)81)20-36(55(34)64)8-38-22-49(98(85,86)87)24-40(57(38)66)10-42(58)26-50(25-41)99(88,89)90/h11-26,60-66H,1-10,59H2,(H,67,68,69)(H,70,71,72)(H,73,74,75)(H,76,77,78)(H,79,80,81)(H,82,83,84)(H,85,86,87)(H,88,89,90)/p-8. The van der Waals surface area contributed by atoms with Crippen LogP contribution in [0, 0.1) is 0 Å². The minimum atomic E-state index is -5.77. The van der Waals surface area contributed by atoms with E-state index in [0.29, 0.717) is 97.1 Å². The topological polar surface area (TPSA) is 634 Å². The van der Waals surface area contributed by atoms with Crippen LogP contribution in [-0.4, -0.2) is 117 Å². The van der Waals surface area contributed by atoms with E-state index in [4.69, 9.17) is 10.5 Å². The summed E-state index contributed by atoms with van der Waals surface area (Å²) in [5, 5.41) is 102. The van der Waals surface area contributed by atoms with Crippen LogP contribution in [0.25, 0.3) is 0 Å². The highest BCUT2D eigenvalue weighted by Crippen LogP contribution is 2.42. The van der Waals surface area contributed by atoms with Crippen molar-refractivity contribution in [3.05, 3.63) is 186 Å². The highest BCUT2D eigenvalue weighted by Gasteiger charge is 2.27. The zero-order valence-corrected chi connectivity index (χ0v) is 56.0. The van der Waals surface area contributed by atoms with Crippen LogP contribution in [0.2, 0.25) is 0 Å². The van der Waals surface area contributed by atoms with Crippen molar-refractivity contribution >= 4 is 80.9 Å². The van der Waals surface area contributed by atoms with E-state index in [9.17, 15) is 140 Å². The van der Waals surface area contributed by atoms with Gasteiger partial charge in [-0.15, -0.1) is 40.2 Å². The van der Waals surface area contributed by atoms with Gasteiger partial charge in [-0.05, 0) is 213 Å². The fraction of sp³-hybridized carbons (Fsp3) is 0.172. The van der Waals surface area contributed by atoms with E-state index in [0.717, 1.165) is 0 Å². The second kappa shape index (κ2) is 26.5. The molecule has 0 fully saturated rings. The van der Waals surface area contributed by atoms with Crippen LogP contribution in [0.5, 0.6) is 46.0 Å². The lowest BCUT2D eigenvalue weighted by Gasteiger charge is -2.28. The summed E-state index contributed by atoms with van der Waals surface area (Å²) < 4.78 is 298. The maximum absolute atomic E-state index is 14.7. The summed E-state index contributed by atoms with van der Waals surface area (Å²) in [5.41, 5.74) is -7.74. The van der Waals surface area contributed by atoms with Gasteiger partial charge in [0.05, 0.1) is 39.2 Å². The minimum Gasteiger partial charge on any atom is -0.872 e. The van der Waals surface area contributed by atoms with E-state index < -0.39 is 320 Å². The fourth-order valence-electron chi connectivity index (χ4n) is 11.1. The van der Waals surface area contributed by atoms with Gasteiger partial charge in [0.15, 0.2) is 0 Å². The van der Waals surface area contributed by atoms with E-state index in [1.165, 1.54) is 0 Å². The second-order valence-electron chi connectivity index (χ2n) is 22.4. The smallest absolute Gasteiger partial charge is 0.294 e. The molecule has 0 unspecified atom stereocenters. The van der Waals surface area contributed by atoms with Gasteiger partial charge in [0.25, 0.3) is 70.8 Å². The lowest BCUT2D eigenvalue weighted by molar-refractivity contribution is -0.273. The molecule has 8 aromatic rings. The van der Waals surface area contributed by atoms with Crippen LogP contribution in [0.3, 0.4) is 0 Å². The second-order valence-corrected chi connectivity index (χ2v) is 33.7. The van der Waals surface area contributed by atoms with Crippen molar-refractivity contribution in [2.75, 3.05) is 13.2 Å². The van der Waals surface area contributed by atoms with Gasteiger partial charge in [0, 0.05) is 30.5 Å². The summed E-state index contributed by atoms with van der Waals surface area (Å²) in [6.45, 7) is -0.978. The van der Waals surface area contributed by atoms with Crippen molar-refractivity contribution in [1.82, 2.24) is 0 Å². The van der Waals surface area contributed by atoms with Crippen LogP contribution < -0.4 is 46.2 Å². The van der Waals surface area contributed by atoms with E-state index >= 15 is 0 Å². The molecule has 0 saturated heterocycles. The van der Waals surface area contributed by atoms with Crippen molar-refractivity contribution in [3.63, 3.8) is 0 Å². The largest absolute Gasteiger partial charge is 0.872 e. The Morgan fingerprint density at radius 1 is 0.263 bits per heavy atom. The lowest BCUT2D eigenvalue weighted by atomic mass is 9.91. The fourth-order valence-corrected chi connectivity index (χ4v) is 15.7. The van der Waals surface area contributed by atoms with Crippen LogP contribution in [-0.2, 0) is 132 Å². The number of rotatable bonds is 11. The molecule has 99 heavy (non-hydrogen) atoms. The Morgan fingerprint density at radius 2 is 0.394 bits per heavy atom. The van der Waals surface area contributed by atoms with Crippen LogP contribution in [0.4, 0.5) is 0 Å². The average molecular weight is 1520 g/mol. The molecule has 0 radical (unpaired) electrons. The normalized spacial score (nSPS) is 14.0. The molecule has 0 amide bonds. The zero-order chi connectivity index (χ0) is 73.6. The minimum absolute atomic E-state index is 0.371. The summed E-state index contributed by atoms with van der Waals surface area (Å²) in [5.74, 6) is -10.2. The highest BCUT2D eigenvalue weighted by molar-refractivity contribution is 7.87. The molecule has 41 heteroatoms. The first kappa shape index (κ1) is 74.6. The molecule has 1 aliphatic carbocycles. The molecule has 0 saturated carbocycles. The van der Waals surface area contributed by atoms with Crippen molar-refractivity contribution in [2.24, 2.45) is 5.73 Å². The molecule has 9 N–H and O–H groups in total. The Balaban J connectivity index is 1.38. The quantitative estimate of drug-likeness (QED) is 0.0736. The Hall–Kier alpha value is -8.60. The summed E-state index contributed by atoms with van der Waals surface area (Å²) in [6, 6.07) is 7.44. The molecule has 0 atom stereocenters. The van der Waals surface area contributed by atoms with E-state index in [2.05, 4.69) is 0 Å². The molecule has 0 aromatic heterocycles. The van der Waals surface area contributed by atoms with Crippen molar-refractivity contribution in [1.29, 1.82) is 0 Å². The summed E-state index contributed by atoms with van der Waals surface area (Å²) in [4.78, 5) is -9.66. The zero-order valence-electron chi connectivity index (χ0n) is 49.5. The molecule has 0 spiro atoms. The molecule has 0 aliphatic heterocycles. The number of ether oxygens (including phenoxy) is 1. The average Bonchev–Trinajstić information content (AvgIpc) is 0.781. The lowest BCUT2D eigenvalue weighted by Crippen LogP contribution is -2.15. The van der Waals surface area contributed by atoms with Crippen molar-refractivity contribution < 1.29 is 144 Å². The third-order valence-corrected chi connectivity index (χ3v) is 22.1. The van der Waals surface area contributed by atoms with Gasteiger partial charge in [-0.3, -0.25) is 31.9 Å². The first-order valence-corrected chi connectivity index (χ1v) is 39.0. The number of fused-ring (bicyclic) bond motifs is 16. The molecule has 1 aliphatic rings. The number of hydrogen-bond acceptors (Lipinski definition) is 26. The van der Waals surface area contributed by atoms with E-state index in [1.807, 2.05) is 0 Å². The van der Waals surface area contributed by atoms with E-state index in [-0.39, 0.29) is 0 Å². The Morgan fingerprint density at radius 3 is 0.525 bits per heavy atom. The molecule has 33 nitrogen and oxygen atoms in total. The Bertz CT molecular complexity index is 5430. The maximum atomic E-state index is 14.7. The van der Waals surface area contributed by atoms with Gasteiger partial charge in [0.1, 0.15) is 22.5 Å². The van der Waals surface area contributed by atoms with Gasteiger partial charge in [-0.2, -0.15) is 58.9 Å². The van der Waals surface area contributed by atoms with Crippen LogP contribution in [0.15, 0.2) is 136 Å². The molecular weight excluding hydrogens is 1480 g/mol. The SMILES string of the molecule is NCCOc1c2cc(S(=O)(=O)O)cc1Cc1cc(S(=O)(=O)O)cc(c1[O-])Cc1cc(S(=O)(=O)O)cc(c1[O-])Cc1cc(S(=O)(=O)O)cc(c1[O-])Cc1cc(S(=O)(=O)[O-])cc(c1[O-])Cc1cc(S(=O)(=O)O)cc(c1[O-])Cc1cc(S(=O)(=O)O)cc(c1[O-])Cc1cc(S(=O)(=O)O)cc(c1[O-])C2.